The van der Waals surface area contributed by atoms with Crippen LogP contribution >= 0.6 is 0 Å². The van der Waals surface area contributed by atoms with Crippen molar-refractivity contribution in [3.8, 4) is 0 Å². The largest absolute Gasteiger partial charge is 0.453 e. The highest BCUT2D eigenvalue weighted by Crippen LogP contribution is 2.26. The summed E-state index contributed by atoms with van der Waals surface area (Å²) < 4.78 is 9.95. The molecule has 0 saturated heterocycles. The van der Waals surface area contributed by atoms with Crippen molar-refractivity contribution in [1.82, 2.24) is 0 Å². The van der Waals surface area contributed by atoms with Gasteiger partial charge in [-0.05, 0) is 18.1 Å². The van der Waals surface area contributed by atoms with Crippen LogP contribution in [-0.2, 0) is 23.9 Å². The molecule has 0 heterocycles. The first kappa shape index (κ1) is 13.4. The zero-order valence-electron chi connectivity index (χ0n) is 10.2. The van der Waals surface area contributed by atoms with Gasteiger partial charge < -0.3 is 9.47 Å². The molecule has 0 radical (unpaired) electrons. The maximum Gasteiger partial charge on any atom is 0.303 e. The quantitative estimate of drug-likeness (QED) is 0.689. The summed E-state index contributed by atoms with van der Waals surface area (Å²) in [4.78, 5) is 33.5. The minimum Gasteiger partial charge on any atom is -0.453 e. The number of carbonyl (C=O) groups excluding carboxylic acids is 3. The van der Waals surface area contributed by atoms with E-state index in [1.54, 1.807) is 0 Å². The van der Waals surface area contributed by atoms with Gasteiger partial charge in [0.1, 0.15) is 0 Å². The zero-order chi connectivity index (χ0) is 13.0. The predicted octanol–water partition coefficient (Wildman–Crippen LogP) is 1.16. The summed E-state index contributed by atoms with van der Waals surface area (Å²) in [7, 11) is 0. The minimum absolute atomic E-state index is 0.324. The molecule has 17 heavy (non-hydrogen) atoms. The average molecular weight is 240 g/mol. The lowest BCUT2D eigenvalue weighted by Crippen LogP contribution is -2.36. The van der Waals surface area contributed by atoms with Crippen molar-refractivity contribution in [2.75, 3.05) is 0 Å². The highest BCUT2D eigenvalue weighted by molar-refractivity contribution is 5.99. The Bertz CT molecular complexity index is 369. The lowest BCUT2D eigenvalue weighted by molar-refractivity contribution is -0.164. The van der Waals surface area contributed by atoms with Gasteiger partial charge in [0, 0.05) is 13.8 Å². The minimum atomic E-state index is -1.02. The molecule has 1 rings (SSSR count). The summed E-state index contributed by atoms with van der Waals surface area (Å²) in [6.07, 6.45) is 1.09. The fraction of sp³-hybridized carbons (Fsp3) is 0.583. The third-order valence-electron chi connectivity index (χ3n) is 2.37. The molecule has 0 aromatic heterocycles. The lowest BCUT2D eigenvalue weighted by Gasteiger charge is -2.21. The van der Waals surface area contributed by atoms with Gasteiger partial charge in [-0.25, -0.2) is 0 Å². The topological polar surface area (TPSA) is 69.7 Å². The Morgan fingerprint density at radius 3 is 2.18 bits per heavy atom. The van der Waals surface area contributed by atoms with Crippen LogP contribution in [0.4, 0.5) is 0 Å². The van der Waals surface area contributed by atoms with Crippen LogP contribution in [0.2, 0.25) is 0 Å². The molecule has 0 bridgehead atoms. The van der Waals surface area contributed by atoms with Crippen molar-refractivity contribution in [2.24, 2.45) is 0 Å². The molecule has 0 spiro atoms. The molecular weight excluding hydrogens is 224 g/mol. The Labute approximate surface area is 99.8 Å². The maximum atomic E-state index is 11.6. The fourth-order valence-electron chi connectivity index (χ4n) is 1.81. The van der Waals surface area contributed by atoms with Gasteiger partial charge in [-0.15, -0.1) is 0 Å². The van der Waals surface area contributed by atoms with E-state index in [0.717, 1.165) is 6.42 Å². The van der Waals surface area contributed by atoms with Gasteiger partial charge in [-0.1, -0.05) is 13.3 Å². The van der Waals surface area contributed by atoms with E-state index in [1.165, 1.54) is 19.9 Å². The van der Waals surface area contributed by atoms with Crippen molar-refractivity contribution in [3.63, 3.8) is 0 Å². The van der Waals surface area contributed by atoms with Crippen molar-refractivity contribution < 1.29 is 23.9 Å². The molecule has 1 aliphatic rings. The summed E-state index contributed by atoms with van der Waals surface area (Å²) in [5, 5.41) is 0. The number of rotatable bonds is 4. The Morgan fingerprint density at radius 1 is 1.18 bits per heavy atom. The number of carbonyl (C=O) groups is 3. The second-order valence-electron chi connectivity index (χ2n) is 3.93. The second kappa shape index (κ2) is 5.61. The average Bonchev–Trinajstić information content (AvgIpc) is 2.45. The SMILES string of the molecule is CCCC1=CC(=O)C(OC(C)=O)C1OC(C)=O. The maximum absolute atomic E-state index is 11.6. The molecule has 2 unspecified atom stereocenters. The summed E-state index contributed by atoms with van der Waals surface area (Å²) in [5.74, 6) is -1.38. The molecule has 0 fully saturated rings. The normalized spacial score (nSPS) is 23.2. The van der Waals surface area contributed by atoms with E-state index in [1.807, 2.05) is 6.92 Å². The summed E-state index contributed by atoms with van der Waals surface area (Å²) in [6, 6.07) is 0. The molecule has 5 nitrogen and oxygen atoms in total. The molecular formula is C12H16O5. The van der Waals surface area contributed by atoms with Crippen LogP contribution in [0.15, 0.2) is 11.6 Å². The van der Waals surface area contributed by atoms with Crippen molar-refractivity contribution in [2.45, 2.75) is 45.8 Å². The number of ether oxygens (including phenoxy) is 2. The molecule has 0 aromatic carbocycles. The molecule has 0 N–H and O–H groups in total. The molecule has 0 amide bonds. The van der Waals surface area contributed by atoms with E-state index in [4.69, 9.17) is 9.47 Å². The van der Waals surface area contributed by atoms with Gasteiger partial charge in [0.05, 0.1) is 0 Å². The van der Waals surface area contributed by atoms with E-state index in [2.05, 4.69) is 0 Å². The van der Waals surface area contributed by atoms with Crippen LogP contribution in [-0.4, -0.2) is 29.9 Å². The fourth-order valence-corrected chi connectivity index (χ4v) is 1.81. The van der Waals surface area contributed by atoms with Gasteiger partial charge in [0.2, 0.25) is 11.9 Å². The van der Waals surface area contributed by atoms with Gasteiger partial charge >= 0.3 is 11.9 Å². The monoisotopic (exact) mass is 240 g/mol. The standard InChI is InChI=1S/C12H16O5/c1-4-5-9-6-10(15)12(17-8(3)14)11(9)16-7(2)13/h6,11-12H,4-5H2,1-3H3. The Hall–Kier alpha value is -1.65. The molecule has 0 saturated carbocycles. The summed E-state index contributed by atoms with van der Waals surface area (Å²) in [6.45, 7) is 4.43. The first-order valence-corrected chi connectivity index (χ1v) is 5.54. The molecule has 2 atom stereocenters. The van der Waals surface area contributed by atoms with E-state index in [-0.39, 0.29) is 5.78 Å². The van der Waals surface area contributed by atoms with Gasteiger partial charge in [0.15, 0.2) is 6.10 Å². The van der Waals surface area contributed by atoms with E-state index < -0.39 is 24.1 Å². The van der Waals surface area contributed by atoms with E-state index in [0.29, 0.717) is 12.0 Å². The van der Waals surface area contributed by atoms with Gasteiger partial charge in [-0.3, -0.25) is 14.4 Å². The third-order valence-corrected chi connectivity index (χ3v) is 2.37. The molecule has 0 aliphatic heterocycles. The smallest absolute Gasteiger partial charge is 0.303 e. The Kier molecular flexibility index (Phi) is 4.43. The van der Waals surface area contributed by atoms with Crippen molar-refractivity contribution in [1.29, 1.82) is 0 Å². The van der Waals surface area contributed by atoms with E-state index >= 15 is 0 Å². The van der Waals surface area contributed by atoms with Gasteiger partial charge in [0.25, 0.3) is 0 Å². The van der Waals surface area contributed by atoms with Crippen molar-refractivity contribution >= 4 is 17.7 Å². The number of hydrogen-bond acceptors (Lipinski definition) is 5. The van der Waals surface area contributed by atoms with Crippen LogP contribution in [0.5, 0.6) is 0 Å². The van der Waals surface area contributed by atoms with Crippen molar-refractivity contribution in [3.05, 3.63) is 11.6 Å². The summed E-state index contributed by atoms with van der Waals surface area (Å²) >= 11 is 0. The van der Waals surface area contributed by atoms with Crippen LogP contribution in [0.1, 0.15) is 33.6 Å². The van der Waals surface area contributed by atoms with Crippen LogP contribution in [0, 0.1) is 0 Å². The van der Waals surface area contributed by atoms with Crippen LogP contribution in [0.3, 0.4) is 0 Å². The predicted molar refractivity (Wildman–Crippen MR) is 59.1 cm³/mol. The number of ketones is 1. The van der Waals surface area contributed by atoms with Crippen LogP contribution < -0.4 is 0 Å². The Morgan fingerprint density at radius 2 is 1.71 bits per heavy atom. The van der Waals surface area contributed by atoms with E-state index in [9.17, 15) is 14.4 Å². The third kappa shape index (κ3) is 3.41. The first-order chi connectivity index (χ1) is 7.95. The number of hydrogen-bond donors (Lipinski definition) is 0. The molecule has 0 aromatic rings. The first-order valence-electron chi connectivity index (χ1n) is 5.54. The molecule has 94 valence electrons. The Balaban J connectivity index is 2.86. The highest BCUT2D eigenvalue weighted by Gasteiger charge is 2.40. The summed E-state index contributed by atoms with van der Waals surface area (Å²) in [5.41, 5.74) is 0.707. The lowest BCUT2D eigenvalue weighted by atomic mass is 10.1. The van der Waals surface area contributed by atoms with Crippen LogP contribution in [0.25, 0.3) is 0 Å². The molecule has 5 heteroatoms. The highest BCUT2D eigenvalue weighted by atomic mass is 16.6. The zero-order valence-corrected chi connectivity index (χ0v) is 10.2. The van der Waals surface area contributed by atoms with Gasteiger partial charge in [-0.2, -0.15) is 0 Å². The number of esters is 2. The second-order valence-corrected chi connectivity index (χ2v) is 3.93. The molecule has 1 aliphatic carbocycles.